The summed E-state index contributed by atoms with van der Waals surface area (Å²) in [7, 11) is 3.17. The molecule has 0 aliphatic carbocycles. The van der Waals surface area contributed by atoms with Gasteiger partial charge in [-0.05, 0) is 25.1 Å². The Morgan fingerprint density at radius 3 is 2.82 bits per heavy atom. The molecule has 0 bridgehead atoms. The lowest BCUT2D eigenvalue weighted by atomic mass is 10.1. The number of methoxy groups -OCH3 is 2. The van der Waals surface area contributed by atoms with E-state index in [2.05, 4.69) is 5.32 Å². The van der Waals surface area contributed by atoms with Crippen molar-refractivity contribution in [3.05, 3.63) is 23.8 Å². The summed E-state index contributed by atoms with van der Waals surface area (Å²) in [6, 6.07) is 5.46. The first-order valence-corrected chi connectivity index (χ1v) is 8.05. The van der Waals surface area contributed by atoms with Crippen molar-refractivity contribution in [3.8, 4) is 11.5 Å². The number of thioether (sulfide) groups is 1. The van der Waals surface area contributed by atoms with E-state index in [4.69, 9.17) is 9.47 Å². The maximum absolute atomic E-state index is 12.1. The normalized spacial score (nSPS) is 17.5. The lowest BCUT2D eigenvalue weighted by molar-refractivity contribution is -0.133. The van der Waals surface area contributed by atoms with Gasteiger partial charge in [0.05, 0.1) is 20.0 Å². The fourth-order valence-corrected chi connectivity index (χ4v) is 3.52. The summed E-state index contributed by atoms with van der Waals surface area (Å²) in [6.07, 6.45) is 0. The largest absolute Gasteiger partial charge is 0.497 e. The number of hydrogen-bond acceptors (Lipinski definition) is 5. The monoisotopic (exact) mass is 324 g/mol. The molecule has 0 radical (unpaired) electrons. The highest BCUT2D eigenvalue weighted by Crippen LogP contribution is 2.43. The molecule has 2 rings (SSSR count). The number of hydrogen-bond donors (Lipinski definition) is 1. The van der Waals surface area contributed by atoms with E-state index in [-0.39, 0.29) is 23.7 Å². The van der Waals surface area contributed by atoms with E-state index in [1.54, 1.807) is 25.2 Å². The summed E-state index contributed by atoms with van der Waals surface area (Å²) >= 11 is 1.48. The second-order valence-corrected chi connectivity index (χ2v) is 5.81. The Labute approximate surface area is 134 Å². The molecule has 0 aromatic heterocycles. The van der Waals surface area contributed by atoms with Gasteiger partial charge in [0.15, 0.2) is 0 Å². The maximum Gasteiger partial charge on any atom is 0.239 e. The minimum absolute atomic E-state index is 0.0463. The van der Waals surface area contributed by atoms with Gasteiger partial charge in [-0.15, -0.1) is 11.8 Å². The van der Waals surface area contributed by atoms with Gasteiger partial charge in [0, 0.05) is 12.1 Å². The minimum Gasteiger partial charge on any atom is -0.497 e. The predicted molar refractivity (Wildman–Crippen MR) is 85.1 cm³/mol. The fourth-order valence-electron chi connectivity index (χ4n) is 2.32. The number of nitrogens with one attached hydrogen (secondary N) is 1. The SMILES string of the molecule is CCNC(=O)CN1C(=O)CS[C@@H]1c1cc(OC)ccc1OC. The van der Waals surface area contributed by atoms with Crippen molar-refractivity contribution in [1.82, 2.24) is 10.2 Å². The summed E-state index contributed by atoms with van der Waals surface area (Å²) in [5, 5.41) is 2.47. The highest BCUT2D eigenvalue weighted by Gasteiger charge is 2.35. The van der Waals surface area contributed by atoms with Crippen LogP contribution in [0.4, 0.5) is 0 Å². The summed E-state index contributed by atoms with van der Waals surface area (Å²) < 4.78 is 10.6. The zero-order valence-electron chi connectivity index (χ0n) is 12.9. The molecule has 1 saturated heterocycles. The molecule has 0 unspecified atom stereocenters. The molecular formula is C15H20N2O4S. The molecule has 1 fully saturated rings. The topological polar surface area (TPSA) is 67.9 Å². The highest BCUT2D eigenvalue weighted by molar-refractivity contribution is 8.00. The molecule has 2 amide bonds. The number of nitrogens with zero attached hydrogens (tertiary/aromatic N) is 1. The van der Waals surface area contributed by atoms with Crippen molar-refractivity contribution in [1.29, 1.82) is 0 Å². The summed E-state index contributed by atoms with van der Waals surface area (Å²) in [6.45, 7) is 2.44. The minimum atomic E-state index is -0.250. The van der Waals surface area contributed by atoms with Gasteiger partial charge in [-0.3, -0.25) is 9.59 Å². The zero-order chi connectivity index (χ0) is 16.1. The van der Waals surface area contributed by atoms with Gasteiger partial charge in [0.1, 0.15) is 23.4 Å². The van der Waals surface area contributed by atoms with Crippen LogP contribution in [-0.4, -0.2) is 49.8 Å². The number of benzene rings is 1. The smallest absolute Gasteiger partial charge is 0.239 e. The quantitative estimate of drug-likeness (QED) is 0.857. The van der Waals surface area contributed by atoms with Crippen molar-refractivity contribution < 1.29 is 19.1 Å². The molecule has 1 aromatic rings. The first-order valence-electron chi connectivity index (χ1n) is 7.00. The van der Waals surface area contributed by atoms with E-state index >= 15 is 0 Å². The van der Waals surface area contributed by atoms with Gasteiger partial charge in [0.2, 0.25) is 11.8 Å². The number of amides is 2. The van der Waals surface area contributed by atoms with Crippen molar-refractivity contribution in [2.24, 2.45) is 0 Å². The Balaban J connectivity index is 2.29. The summed E-state index contributed by atoms with van der Waals surface area (Å²) in [5.74, 6) is 1.50. The molecule has 1 N–H and O–H groups in total. The van der Waals surface area contributed by atoms with E-state index in [0.717, 1.165) is 5.56 Å². The molecule has 1 aliphatic rings. The van der Waals surface area contributed by atoms with E-state index < -0.39 is 0 Å². The van der Waals surface area contributed by atoms with E-state index in [0.29, 0.717) is 23.8 Å². The molecule has 1 aliphatic heterocycles. The Morgan fingerprint density at radius 1 is 1.41 bits per heavy atom. The molecule has 22 heavy (non-hydrogen) atoms. The van der Waals surface area contributed by atoms with Crippen molar-refractivity contribution in [3.63, 3.8) is 0 Å². The molecule has 120 valence electrons. The van der Waals surface area contributed by atoms with Crippen LogP contribution < -0.4 is 14.8 Å². The first-order chi connectivity index (χ1) is 10.6. The molecule has 0 saturated carbocycles. The van der Waals surface area contributed by atoms with Crippen LogP contribution in [0.1, 0.15) is 17.9 Å². The van der Waals surface area contributed by atoms with Gasteiger partial charge in [0.25, 0.3) is 0 Å². The molecule has 7 heteroatoms. The summed E-state index contributed by atoms with van der Waals surface area (Å²) in [4.78, 5) is 25.5. The molecule has 6 nitrogen and oxygen atoms in total. The Bertz CT molecular complexity index is 564. The van der Waals surface area contributed by atoms with Gasteiger partial charge in [-0.2, -0.15) is 0 Å². The number of carbonyl (C=O) groups is 2. The molecular weight excluding hydrogens is 304 g/mol. The van der Waals surface area contributed by atoms with Crippen LogP contribution in [0.2, 0.25) is 0 Å². The Kier molecular flexibility index (Phi) is 5.54. The van der Waals surface area contributed by atoms with Crippen molar-refractivity contribution >= 4 is 23.6 Å². The molecule has 0 spiro atoms. The van der Waals surface area contributed by atoms with Gasteiger partial charge in [-0.25, -0.2) is 0 Å². The van der Waals surface area contributed by atoms with Gasteiger partial charge in [-0.1, -0.05) is 0 Å². The number of rotatable bonds is 6. The van der Waals surface area contributed by atoms with E-state index in [1.807, 2.05) is 19.1 Å². The average Bonchev–Trinajstić information content (AvgIpc) is 2.88. The van der Waals surface area contributed by atoms with E-state index in [9.17, 15) is 9.59 Å². The first kappa shape index (κ1) is 16.5. The lowest BCUT2D eigenvalue weighted by Crippen LogP contribution is -2.39. The van der Waals surface area contributed by atoms with Crippen LogP contribution in [0.5, 0.6) is 11.5 Å². The number of ether oxygens (including phenoxy) is 2. The second-order valence-electron chi connectivity index (χ2n) is 4.75. The highest BCUT2D eigenvalue weighted by atomic mass is 32.2. The Morgan fingerprint density at radius 2 is 2.18 bits per heavy atom. The fraction of sp³-hybridized carbons (Fsp3) is 0.467. The van der Waals surface area contributed by atoms with Crippen LogP contribution in [0.15, 0.2) is 18.2 Å². The zero-order valence-corrected chi connectivity index (χ0v) is 13.7. The molecule has 1 heterocycles. The third-order valence-electron chi connectivity index (χ3n) is 3.36. The van der Waals surface area contributed by atoms with Crippen molar-refractivity contribution in [2.45, 2.75) is 12.3 Å². The Hall–Kier alpha value is -1.89. The third-order valence-corrected chi connectivity index (χ3v) is 4.60. The summed E-state index contributed by atoms with van der Waals surface area (Å²) in [5.41, 5.74) is 0.835. The number of likely N-dealkylation sites (N-methyl/N-ethyl adjacent to an activating group) is 1. The standard InChI is InChI=1S/C15H20N2O4S/c1-4-16-13(18)8-17-14(19)9-22-15(17)11-7-10(20-2)5-6-12(11)21-3/h5-7,15H,4,8-9H2,1-3H3,(H,16,18)/t15-/m1/s1. The van der Waals surface area contributed by atoms with Gasteiger partial charge >= 0.3 is 0 Å². The van der Waals surface area contributed by atoms with Crippen LogP contribution in [0.25, 0.3) is 0 Å². The van der Waals surface area contributed by atoms with E-state index in [1.165, 1.54) is 11.8 Å². The van der Waals surface area contributed by atoms with Crippen molar-refractivity contribution in [2.75, 3.05) is 33.1 Å². The third kappa shape index (κ3) is 3.47. The predicted octanol–water partition coefficient (Wildman–Crippen LogP) is 1.41. The van der Waals surface area contributed by atoms with Gasteiger partial charge < -0.3 is 19.7 Å². The van der Waals surface area contributed by atoms with Crippen LogP contribution in [0, 0.1) is 0 Å². The maximum atomic E-state index is 12.1. The number of carbonyl (C=O) groups excluding carboxylic acids is 2. The molecule has 1 atom stereocenters. The average molecular weight is 324 g/mol. The second kappa shape index (κ2) is 7.40. The van der Waals surface area contributed by atoms with Crippen LogP contribution in [0.3, 0.4) is 0 Å². The van der Waals surface area contributed by atoms with Crippen LogP contribution in [-0.2, 0) is 9.59 Å². The molecule has 1 aromatic carbocycles. The lowest BCUT2D eigenvalue weighted by Gasteiger charge is -2.25. The van der Waals surface area contributed by atoms with Crippen LogP contribution >= 0.6 is 11.8 Å².